The fraction of sp³-hybridized carbons (Fsp3) is 0.300. The van der Waals surface area contributed by atoms with E-state index in [0.29, 0.717) is 35.1 Å². The highest BCUT2D eigenvalue weighted by Crippen LogP contribution is 2.22. The van der Waals surface area contributed by atoms with Gasteiger partial charge in [0.15, 0.2) is 0 Å². The first-order valence-corrected chi connectivity index (χ1v) is 11.0. The Kier molecular flexibility index (Phi) is 6.36. The third kappa shape index (κ3) is 4.91. The van der Waals surface area contributed by atoms with Crippen LogP contribution in [0.3, 0.4) is 0 Å². The second kappa shape index (κ2) is 8.75. The lowest BCUT2D eigenvalue weighted by Gasteiger charge is -2.06. The highest BCUT2D eigenvalue weighted by atomic mass is 35.5. The smallest absolute Gasteiger partial charge is 0.263 e. The zero-order valence-corrected chi connectivity index (χ0v) is 17.1. The molecule has 1 aliphatic heterocycles. The fourth-order valence-electron chi connectivity index (χ4n) is 2.91. The number of sulfonamides is 1. The van der Waals surface area contributed by atoms with Crippen LogP contribution in [0.15, 0.2) is 52.4 Å². The van der Waals surface area contributed by atoms with Crippen LogP contribution in [-0.4, -0.2) is 26.7 Å². The third-order valence-corrected chi connectivity index (χ3v) is 6.25. The van der Waals surface area contributed by atoms with Gasteiger partial charge in [-0.3, -0.25) is 14.5 Å². The standard InChI is InChI=1S/C20H22ClN3O3S/c1-14-10-11-15(13-17(14)21)23-19(25)9-3-2-6-12-22-20-16-7-4-5-8-18(16)28(26,27)24-20/h4-5,7-8,10-11,13H,2-3,6,9,12H2,1H3,(H,22,24)(H,23,25). The lowest BCUT2D eigenvalue weighted by molar-refractivity contribution is -0.116. The lowest BCUT2D eigenvalue weighted by Crippen LogP contribution is -2.22. The number of carbonyl (C=O) groups excluding carboxylic acids is 1. The lowest BCUT2D eigenvalue weighted by atomic mass is 10.1. The molecule has 28 heavy (non-hydrogen) atoms. The van der Waals surface area contributed by atoms with Crippen LogP contribution in [0.5, 0.6) is 0 Å². The summed E-state index contributed by atoms with van der Waals surface area (Å²) in [6.07, 6.45) is 2.75. The molecule has 148 valence electrons. The Labute approximate surface area is 170 Å². The molecular weight excluding hydrogens is 398 g/mol. The molecule has 0 aliphatic carbocycles. The Hall–Kier alpha value is -2.38. The van der Waals surface area contributed by atoms with Gasteiger partial charge < -0.3 is 5.32 Å². The first-order chi connectivity index (χ1) is 13.4. The van der Waals surface area contributed by atoms with E-state index in [4.69, 9.17) is 11.6 Å². The Morgan fingerprint density at radius 3 is 2.71 bits per heavy atom. The van der Waals surface area contributed by atoms with E-state index >= 15 is 0 Å². The molecule has 2 aromatic carbocycles. The van der Waals surface area contributed by atoms with Gasteiger partial charge in [-0.25, -0.2) is 8.42 Å². The van der Waals surface area contributed by atoms with Crippen molar-refractivity contribution >= 4 is 39.1 Å². The van der Waals surface area contributed by atoms with E-state index in [9.17, 15) is 13.2 Å². The van der Waals surface area contributed by atoms with Gasteiger partial charge in [-0.05, 0) is 49.6 Å². The third-order valence-electron chi connectivity index (χ3n) is 4.45. The zero-order chi connectivity index (χ0) is 20.1. The van der Waals surface area contributed by atoms with E-state index < -0.39 is 10.0 Å². The van der Waals surface area contributed by atoms with Crippen LogP contribution < -0.4 is 10.0 Å². The number of hydrogen-bond donors (Lipinski definition) is 2. The van der Waals surface area contributed by atoms with E-state index in [1.807, 2.05) is 19.1 Å². The predicted octanol–water partition coefficient (Wildman–Crippen LogP) is 3.89. The number of unbranched alkanes of at least 4 members (excludes halogenated alkanes) is 2. The van der Waals surface area contributed by atoms with E-state index in [0.717, 1.165) is 24.8 Å². The average Bonchev–Trinajstić information content (AvgIpc) is 2.92. The SMILES string of the molecule is Cc1ccc(NC(=O)CCCCCN=C2NS(=O)(=O)c3ccccc32)cc1Cl. The second-order valence-electron chi connectivity index (χ2n) is 6.65. The number of carbonyl (C=O) groups is 1. The first-order valence-electron chi connectivity index (χ1n) is 9.09. The van der Waals surface area contributed by atoms with E-state index in [1.54, 1.807) is 30.3 Å². The minimum absolute atomic E-state index is 0.0521. The Morgan fingerprint density at radius 2 is 1.93 bits per heavy atom. The molecule has 1 aliphatic rings. The summed E-state index contributed by atoms with van der Waals surface area (Å²) >= 11 is 6.06. The molecular formula is C20H22ClN3O3S. The second-order valence-corrected chi connectivity index (χ2v) is 8.71. The molecule has 1 heterocycles. The monoisotopic (exact) mass is 419 g/mol. The normalized spacial score (nSPS) is 15.9. The molecule has 0 saturated heterocycles. The number of fused-ring (bicyclic) bond motifs is 1. The van der Waals surface area contributed by atoms with Gasteiger partial charge in [0.1, 0.15) is 5.84 Å². The molecule has 0 bridgehead atoms. The number of amides is 1. The van der Waals surface area contributed by atoms with Gasteiger partial charge in [-0.1, -0.05) is 36.2 Å². The van der Waals surface area contributed by atoms with Gasteiger partial charge in [0.05, 0.1) is 4.90 Å². The summed E-state index contributed by atoms with van der Waals surface area (Å²) in [7, 11) is -3.49. The van der Waals surface area contributed by atoms with Crippen LogP contribution in [-0.2, 0) is 14.8 Å². The molecule has 0 saturated carbocycles. The van der Waals surface area contributed by atoms with E-state index in [-0.39, 0.29) is 10.8 Å². The van der Waals surface area contributed by atoms with Crippen molar-refractivity contribution in [2.24, 2.45) is 4.99 Å². The van der Waals surface area contributed by atoms with Crippen LogP contribution in [0.1, 0.15) is 36.8 Å². The van der Waals surface area contributed by atoms with Crippen LogP contribution in [0.2, 0.25) is 5.02 Å². The minimum Gasteiger partial charge on any atom is -0.326 e. The van der Waals surface area contributed by atoms with Crippen LogP contribution >= 0.6 is 11.6 Å². The number of halogens is 1. The van der Waals surface area contributed by atoms with E-state index in [2.05, 4.69) is 15.0 Å². The van der Waals surface area contributed by atoms with Gasteiger partial charge in [0.25, 0.3) is 10.0 Å². The Bertz CT molecular complexity index is 1020. The van der Waals surface area contributed by atoms with Crippen molar-refractivity contribution in [2.75, 3.05) is 11.9 Å². The van der Waals surface area contributed by atoms with Crippen molar-refractivity contribution in [1.82, 2.24) is 4.72 Å². The number of aryl methyl sites for hydroxylation is 1. The van der Waals surface area contributed by atoms with Crippen molar-refractivity contribution in [1.29, 1.82) is 0 Å². The molecule has 0 aromatic heterocycles. The summed E-state index contributed by atoms with van der Waals surface area (Å²) in [5, 5.41) is 3.46. The predicted molar refractivity (Wildman–Crippen MR) is 111 cm³/mol. The van der Waals surface area contributed by atoms with Crippen molar-refractivity contribution < 1.29 is 13.2 Å². The van der Waals surface area contributed by atoms with Gasteiger partial charge in [-0.2, -0.15) is 0 Å². The summed E-state index contributed by atoms with van der Waals surface area (Å²) in [5.41, 5.74) is 2.27. The first kappa shape index (κ1) is 20.4. The number of nitrogens with zero attached hydrogens (tertiary/aromatic N) is 1. The average molecular weight is 420 g/mol. The van der Waals surface area contributed by atoms with E-state index in [1.165, 1.54) is 0 Å². The topological polar surface area (TPSA) is 87.6 Å². The molecule has 8 heteroatoms. The van der Waals surface area contributed by atoms with Gasteiger partial charge >= 0.3 is 0 Å². The zero-order valence-electron chi connectivity index (χ0n) is 15.5. The largest absolute Gasteiger partial charge is 0.326 e. The summed E-state index contributed by atoms with van der Waals surface area (Å²) < 4.78 is 26.5. The van der Waals surface area contributed by atoms with Crippen LogP contribution in [0.25, 0.3) is 0 Å². The van der Waals surface area contributed by atoms with Gasteiger partial charge in [0, 0.05) is 29.2 Å². The number of nitrogens with one attached hydrogen (secondary N) is 2. The van der Waals surface area contributed by atoms with Crippen molar-refractivity contribution in [3.63, 3.8) is 0 Å². The van der Waals surface area contributed by atoms with Crippen LogP contribution in [0.4, 0.5) is 5.69 Å². The van der Waals surface area contributed by atoms with Crippen LogP contribution in [0, 0.1) is 6.92 Å². The van der Waals surface area contributed by atoms with Crippen molar-refractivity contribution in [2.45, 2.75) is 37.5 Å². The van der Waals surface area contributed by atoms with Crippen molar-refractivity contribution in [3.8, 4) is 0 Å². The summed E-state index contributed by atoms with van der Waals surface area (Å²) in [5.74, 6) is 0.341. The maximum absolute atomic E-state index is 12.0. The molecule has 6 nitrogen and oxygen atoms in total. The Balaban J connectivity index is 1.41. The summed E-state index contributed by atoms with van der Waals surface area (Å²) in [6.45, 7) is 2.41. The van der Waals surface area contributed by atoms with Crippen molar-refractivity contribution in [3.05, 3.63) is 58.6 Å². The van der Waals surface area contributed by atoms with Gasteiger partial charge in [0.2, 0.25) is 5.91 Å². The maximum atomic E-state index is 12.0. The number of amidine groups is 1. The fourth-order valence-corrected chi connectivity index (χ4v) is 4.34. The molecule has 2 N–H and O–H groups in total. The molecule has 0 unspecified atom stereocenters. The molecule has 1 amide bonds. The number of hydrogen-bond acceptors (Lipinski definition) is 4. The molecule has 0 fully saturated rings. The molecule has 0 radical (unpaired) electrons. The number of benzene rings is 2. The summed E-state index contributed by atoms with van der Waals surface area (Å²) in [4.78, 5) is 16.6. The maximum Gasteiger partial charge on any atom is 0.263 e. The molecule has 0 spiro atoms. The molecule has 0 atom stereocenters. The highest BCUT2D eigenvalue weighted by molar-refractivity contribution is 7.90. The number of anilines is 1. The Morgan fingerprint density at radius 1 is 1.14 bits per heavy atom. The quantitative estimate of drug-likeness (QED) is 0.667. The summed E-state index contributed by atoms with van der Waals surface area (Å²) in [6, 6.07) is 12.2. The molecule has 3 rings (SSSR count). The van der Waals surface area contributed by atoms with Gasteiger partial charge in [-0.15, -0.1) is 0 Å². The minimum atomic E-state index is -3.49. The number of rotatable bonds is 7. The highest BCUT2D eigenvalue weighted by Gasteiger charge is 2.29. The molecule has 2 aromatic rings. The number of aliphatic imine (C=N–C) groups is 1.